The third kappa shape index (κ3) is 9.08. The molecule has 2 aromatic carbocycles. The molecule has 0 radical (unpaired) electrons. The molecule has 0 heterocycles. The molecule has 1 aliphatic carbocycles. The first kappa shape index (κ1) is 26.1. The maximum Gasteiger partial charge on any atom is 0.0587 e. The molecule has 0 aliphatic heterocycles. The van der Waals surface area contributed by atoms with Gasteiger partial charge in [-0.3, -0.25) is 4.90 Å². The van der Waals surface area contributed by atoms with Gasteiger partial charge in [-0.25, -0.2) is 0 Å². The van der Waals surface area contributed by atoms with Gasteiger partial charge in [0.25, 0.3) is 0 Å². The molecule has 168 valence electrons. The maximum absolute atomic E-state index is 7.32. The highest BCUT2D eigenvalue weighted by molar-refractivity contribution is 9.10. The summed E-state index contributed by atoms with van der Waals surface area (Å²) in [6.07, 6.45) is 7.47. The van der Waals surface area contributed by atoms with E-state index >= 15 is 0 Å². The molecule has 0 aromatic heterocycles. The van der Waals surface area contributed by atoms with Crippen LogP contribution in [-0.4, -0.2) is 27.6 Å². The van der Waals surface area contributed by atoms with Gasteiger partial charge in [-0.1, -0.05) is 99.8 Å². The average molecular weight is 548 g/mol. The van der Waals surface area contributed by atoms with Crippen LogP contribution < -0.4 is 0 Å². The quantitative estimate of drug-likeness (QED) is 0.299. The van der Waals surface area contributed by atoms with Crippen molar-refractivity contribution in [3.05, 3.63) is 71.3 Å². The minimum absolute atomic E-state index is 0.591. The van der Waals surface area contributed by atoms with Crippen LogP contribution in [0.3, 0.4) is 0 Å². The summed E-state index contributed by atoms with van der Waals surface area (Å²) >= 11 is 7.83. The van der Waals surface area contributed by atoms with Crippen molar-refractivity contribution in [1.29, 1.82) is 5.26 Å². The van der Waals surface area contributed by atoms with Gasteiger partial charge in [-0.2, -0.15) is 5.26 Å². The van der Waals surface area contributed by atoms with Gasteiger partial charge in [0, 0.05) is 29.0 Å². The SMILES string of the molecule is CC#N.CCCN(CCCc1ccc(C2C(Br)CCCC2Br)cc1)Cc1ccccc1. The van der Waals surface area contributed by atoms with Gasteiger partial charge in [0.2, 0.25) is 0 Å². The molecule has 0 bridgehead atoms. The zero-order chi connectivity index (χ0) is 22.5. The van der Waals surface area contributed by atoms with Gasteiger partial charge in [0.15, 0.2) is 0 Å². The van der Waals surface area contributed by atoms with Crippen LogP contribution in [0.2, 0.25) is 0 Å². The highest BCUT2D eigenvalue weighted by Gasteiger charge is 2.31. The molecule has 1 aliphatic rings. The number of nitrogens with zero attached hydrogens (tertiary/aromatic N) is 2. The Morgan fingerprint density at radius 2 is 1.55 bits per heavy atom. The van der Waals surface area contributed by atoms with E-state index in [2.05, 4.69) is 98.3 Å². The van der Waals surface area contributed by atoms with Crippen molar-refractivity contribution < 1.29 is 0 Å². The normalized spacial score (nSPS) is 20.6. The topological polar surface area (TPSA) is 27.0 Å². The Morgan fingerprint density at radius 3 is 2.13 bits per heavy atom. The number of nitriles is 1. The molecule has 2 unspecified atom stereocenters. The molecule has 2 aromatic rings. The lowest BCUT2D eigenvalue weighted by atomic mass is 9.83. The van der Waals surface area contributed by atoms with Crippen molar-refractivity contribution in [3.63, 3.8) is 0 Å². The van der Waals surface area contributed by atoms with Crippen molar-refractivity contribution in [3.8, 4) is 6.07 Å². The Labute approximate surface area is 206 Å². The molecule has 0 amide bonds. The van der Waals surface area contributed by atoms with Crippen molar-refractivity contribution in [2.45, 2.75) is 74.5 Å². The fourth-order valence-electron chi connectivity index (χ4n) is 4.35. The summed E-state index contributed by atoms with van der Waals surface area (Å²) in [4.78, 5) is 3.78. The molecule has 2 atom stereocenters. The molecular weight excluding hydrogens is 512 g/mol. The van der Waals surface area contributed by atoms with Gasteiger partial charge in [0.1, 0.15) is 0 Å². The number of hydrogen-bond donors (Lipinski definition) is 0. The Hall–Kier alpha value is -1.15. The standard InChI is InChI=1S/C25H33Br2N.C2H3N/c1-2-17-28(19-21-8-4-3-5-9-21)18-7-10-20-13-15-22(16-14-20)25-23(26)11-6-12-24(25)27;1-2-3/h3-5,8-9,13-16,23-25H,2,6-7,10-12,17-19H2,1H3;1H3. The predicted molar refractivity (Wildman–Crippen MR) is 140 cm³/mol. The van der Waals surface area contributed by atoms with Gasteiger partial charge < -0.3 is 0 Å². The number of rotatable bonds is 9. The maximum atomic E-state index is 7.32. The van der Waals surface area contributed by atoms with Crippen LogP contribution in [-0.2, 0) is 13.0 Å². The van der Waals surface area contributed by atoms with E-state index in [1.54, 1.807) is 6.07 Å². The lowest BCUT2D eigenvalue weighted by Gasteiger charge is -2.32. The highest BCUT2D eigenvalue weighted by atomic mass is 79.9. The van der Waals surface area contributed by atoms with E-state index in [0.29, 0.717) is 15.6 Å². The van der Waals surface area contributed by atoms with Gasteiger partial charge >= 0.3 is 0 Å². The molecule has 4 heteroatoms. The molecule has 1 fully saturated rings. The molecule has 0 spiro atoms. The van der Waals surface area contributed by atoms with E-state index < -0.39 is 0 Å². The molecule has 2 nitrogen and oxygen atoms in total. The summed E-state index contributed by atoms with van der Waals surface area (Å²) in [5.74, 6) is 0.591. The summed E-state index contributed by atoms with van der Waals surface area (Å²) < 4.78 is 0. The van der Waals surface area contributed by atoms with Gasteiger partial charge in [-0.15, -0.1) is 0 Å². The first-order chi connectivity index (χ1) is 15.1. The lowest BCUT2D eigenvalue weighted by molar-refractivity contribution is 0.262. The zero-order valence-electron chi connectivity index (χ0n) is 18.9. The average Bonchev–Trinajstić information content (AvgIpc) is 2.76. The van der Waals surface area contributed by atoms with Crippen LogP contribution >= 0.6 is 31.9 Å². The van der Waals surface area contributed by atoms with E-state index in [4.69, 9.17) is 5.26 Å². The number of alkyl halides is 2. The Bertz CT molecular complexity index is 760. The third-order valence-corrected chi connectivity index (χ3v) is 7.89. The summed E-state index contributed by atoms with van der Waals surface area (Å²) in [5, 5.41) is 7.32. The van der Waals surface area contributed by atoms with Crippen LogP contribution in [0.15, 0.2) is 54.6 Å². The summed E-state index contributed by atoms with van der Waals surface area (Å²) in [6, 6.07) is 22.0. The predicted octanol–water partition coefficient (Wildman–Crippen LogP) is 7.86. The van der Waals surface area contributed by atoms with Gasteiger partial charge in [0.05, 0.1) is 6.07 Å². The minimum atomic E-state index is 0.591. The fraction of sp³-hybridized carbons (Fsp3) is 0.519. The second-order valence-electron chi connectivity index (χ2n) is 8.32. The van der Waals surface area contributed by atoms with Crippen molar-refractivity contribution in [1.82, 2.24) is 4.90 Å². The van der Waals surface area contributed by atoms with E-state index in [9.17, 15) is 0 Å². The zero-order valence-corrected chi connectivity index (χ0v) is 22.1. The smallest absolute Gasteiger partial charge is 0.0587 e. The van der Waals surface area contributed by atoms with E-state index in [-0.39, 0.29) is 0 Å². The summed E-state index contributed by atoms with van der Waals surface area (Å²) in [7, 11) is 0. The highest BCUT2D eigenvalue weighted by Crippen LogP contribution is 2.41. The monoisotopic (exact) mass is 546 g/mol. The number of hydrogen-bond acceptors (Lipinski definition) is 2. The third-order valence-electron chi connectivity index (χ3n) is 5.83. The second kappa shape index (κ2) is 14.8. The molecule has 1 saturated carbocycles. The van der Waals surface area contributed by atoms with Crippen LogP contribution in [0, 0.1) is 11.3 Å². The second-order valence-corrected chi connectivity index (χ2v) is 10.7. The summed E-state index contributed by atoms with van der Waals surface area (Å²) in [6.45, 7) is 7.11. The van der Waals surface area contributed by atoms with Crippen LogP contribution in [0.25, 0.3) is 0 Å². The van der Waals surface area contributed by atoms with E-state index in [1.807, 2.05) is 0 Å². The molecular formula is C27H36Br2N2. The van der Waals surface area contributed by atoms with Crippen molar-refractivity contribution >= 4 is 31.9 Å². The van der Waals surface area contributed by atoms with E-state index in [0.717, 1.165) is 13.0 Å². The van der Waals surface area contributed by atoms with Crippen LogP contribution in [0.1, 0.15) is 68.6 Å². The number of benzene rings is 2. The van der Waals surface area contributed by atoms with Crippen molar-refractivity contribution in [2.24, 2.45) is 0 Å². The lowest BCUT2D eigenvalue weighted by Crippen LogP contribution is -2.26. The first-order valence-corrected chi connectivity index (χ1v) is 13.4. The van der Waals surface area contributed by atoms with Crippen molar-refractivity contribution in [2.75, 3.05) is 13.1 Å². The van der Waals surface area contributed by atoms with Gasteiger partial charge in [-0.05, 0) is 61.9 Å². The summed E-state index contributed by atoms with van der Waals surface area (Å²) in [5.41, 5.74) is 4.36. The first-order valence-electron chi connectivity index (χ1n) is 11.5. The Kier molecular flexibility index (Phi) is 12.5. The van der Waals surface area contributed by atoms with Crippen LogP contribution in [0.5, 0.6) is 0 Å². The molecule has 0 N–H and O–H groups in total. The minimum Gasteiger partial charge on any atom is -0.299 e. The fourth-order valence-corrected chi connectivity index (χ4v) is 6.76. The number of aryl methyl sites for hydroxylation is 1. The Balaban J connectivity index is 0.00000107. The molecule has 31 heavy (non-hydrogen) atoms. The molecule has 0 saturated heterocycles. The molecule has 3 rings (SSSR count). The largest absolute Gasteiger partial charge is 0.299 e. The van der Waals surface area contributed by atoms with E-state index in [1.165, 1.54) is 68.8 Å². The number of halogens is 2. The Morgan fingerprint density at radius 1 is 0.935 bits per heavy atom. The van der Waals surface area contributed by atoms with Crippen LogP contribution in [0.4, 0.5) is 0 Å².